The van der Waals surface area contributed by atoms with Gasteiger partial charge in [-0.1, -0.05) is 11.6 Å². The second-order valence-electron chi connectivity index (χ2n) is 4.48. The van der Waals surface area contributed by atoms with Crippen molar-refractivity contribution in [2.45, 2.75) is 12.5 Å². The normalized spacial score (nSPS) is 12.0. The fraction of sp³-hybridized carbons (Fsp3) is 0.154. The lowest BCUT2D eigenvalue weighted by molar-refractivity contribution is -0.116. The van der Waals surface area contributed by atoms with E-state index in [0.29, 0.717) is 10.8 Å². The molecule has 0 aliphatic carbocycles. The molecule has 0 fully saturated rings. The van der Waals surface area contributed by atoms with Gasteiger partial charge < -0.3 is 5.32 Å². The Kier molecular flexibility index (Phi) is 4.40. The number of pyridine rings is 1. The number of tetrazole rings is 1. The number of hydrogen-bond donors (Lipinski definition) is 1. The smallest absolute Gasteiger partial charge is 0.228 e. The number of halogens is 1. The predicted octanol–water partition coefficient (Wildman–Crippen LogP) is 2.40. The van der Waals surface area contributed by atoms with Gasteiger partial charge in [0, 0.05) is 6.20 Å². The molecule has 22 heavy (non-hydrogen) atoms. The molecule has 1 amide bonds. The number of thiophene rings is 1. The molecule has 0 radical (unpaired) electrons. The van der Waals surface area contributed by atoms with Crippen molar-refractivity contribution in [3.63, 3.8) is 0 Å². The molecule has 0 bridgehead atoms. The maximum Gasteiger partial charge on any atom is 0.228 e. The summed E-state index contributed by atoms with van der Waals surface area (Å²) in [6.07, 6.45) is 3.18. The van der Waals surface area contributed by atoms with Gasteiger partial charge in [0.25, 0.3) is 0 Å². The molecule has 112 valence electrons. The summed E-state index contributed by atoms with van der Waals surface area (Å²) in [4.78, 5) is 16.3. The van der Waals surface area contributed by atoms with Crippen molar-refractivity contribution >= 4 is 34.7 Å². The van der Waals surface area contributed by atoms with Crippen LogP contribution in [0.5, 0.6) is 0 Å². The summed E-state index contributed by atoms with van der Waals surface area (Å²) < 4.78 is 1.57. The molecule has 0 spiro atoms. The molecule has 7 nitrogen and oxygen atoms in total. The van der Waals surface area contributed by atoms with Crippen LogP contribution < -0.4 is 5.32 Å². The maximum atomic E-state index is 12.2. The van der Waals surface area contributed by atoms with Crippen LogP contribution in [0.4, 0.5) is 5.82 Å². The van der Waals surface area contributed by atoms with Crippen LogP contribution in [-0.4, -0.2) is 31.1 Å². The van der Waals surface area contributed by atoms with Crippen LogP contribution in [0.2, 0.25) is 5.02 Å². The molecule has 1 unspecified atom stereocenters. The van der Waals surface area contributed by atoms with Crippen molar-refractivity contribution in [1.29, 1.82) is 0 Å². The van der Waals surface area contributed by atoms with Crippen molar-refractivity contribution in [2.75, 3.05) is 5.32 Å². The highest BCUT2D eigenvalue weighted by molar-refractivity contribution is 7.08. The molecule has 0 aliphatic rings. The van der Waals surface area contributed by atoms with Crippen molar-refractivity contribution in [1.82, 2.24) is 25.2 Å². The monoisotopic (exact) mass is 334 g/mol. The Labute approximate surface area is 134 Å². The summed E-state index contributed by atoms with van der Waals surface area (Å²) in [6.45, 7) is 0. The molecule has 3 aromatic heterocycles. The molecule has 0 aliphatic heterocycles. The van der Waals surface area contributed by atoms with Crippen LogP contribution in [0.15, 0.2) is 41.5 Å². The van der Waals surface area contributed by atoms with E-state index in [1.165, 1.54) is 12.5 Å². The van der Waals surface area contributed by atoms with Gasteiger partial charge in [-0.2, -0.15) is 11.3 Å². The summed E-state index contributed by atoms with van der Waals surface area (Å²) >= 11 is 7.33. The van der Waals surface area contributed by atoms with E-state index in [9.17, 15) is 4.79 Å². The number of carbonyl (C=O) groups excluding carboxylic acids is 1. The summed E-state index contributed by atoms with van der Waals surface area (Å²) in [5.41, 5.74) is 0.983. The van der Waals surface area contributed by atoms with Gasteiger partial charge in [0.2, 0.25) is 5.91 Å². The third kappa shape index (κ3) is 3.46. The van der Waals surface area contributed by atoms with Crippen molar-refractivity contribution in [3.05, 3.63) is 52.1 Å². The van der Waals surface area contributed by atoms with E-state index in [2.05, 4.69) is 25.8 Å². The Morgan fingerprint density at radius 2 is 2.32 bits per heavy atom. The SMILES string of the molecule is O=C(CC(c1ccsc1)n1cnnn1)Nc1ccc(Cl)cn1. The Morgan fingerprint density at radius 3 is 2.95 bits per heavy atom. The minimum atomic E-state index is -0.256. The first-order valence-electron chi connectivity index (χ1n) is 6.38. The number of hydrogen-bond acceptors (Lipinski definition) is 6. The predicted molar refractivity (Wildman–Crippen MR) is 82.8 cm³/mol. The highest BCUT2D eigenvalue weighted by atomic mass is 35.5. The molecule has 0 saturated heterocycles. The first kappa shape index (κ1) is 14.6. The van der Waals surface area contributed by atoms with Gasteiger partial charge in [-0.25, -0.2) is 9.67 Å². The standard InChI is InChI=1S/C13H11ClN6OS/c14-10-1-2-12(15-6-10)17-13(21)5-11(9-3-4-22-7-9)20-8-16-18-19-20/h1-4,6-8,11H,5H2,(H,15,17,21). The molecule has 3 rings (SSSR count). The van der Waals surface area contributed by atoms with Crippen molar-refractivity contribution in [3.8, 4) is 0 Å². The highest BCUT2D eigenvalue weighted by Gasteiger charge is 2.20. The zero-order valence-electron chi connectivity index (χ0n) is 11.3. The minimum absolute atomic E-state index is 0.179. The number of amides is 1. The number of aromatic nitrogens is 5. The lowest BCUT2D eigenvalue weighted by atomic mass is 10.1. The largest absolute Gasteiger partial charge is 0.311 e. The quantitative estimate of drug-likeness (QED) is 0.774. The number of carbonyl (C=O) groups is 1. The van der Waals surface area contributed by atoms with Crippen molar-refractivity contribution in [2.24, 2.45) is 0 Å². The second-order valence-corrected chi connectivity index (χ2v) is 5.69. The van der Waals surface area contributed by atoms with Gasteiger partial charge in [-0.05, 0) is 44.9 Å². The fourth-order valence-electron chi connectivity index (χ4n) is 1.96. The first-order chi connectivity index (χ1) is 10.7. The number of nitrogens with one attached hydrogen (secondary N) is 1. The third-order valence-electron chi connectivity index (χ3n) is 2.99. The average molecular weight is 335 g/mol. The summed E-state index contributed by atoms with van der Waals surface area (Å²) in [6, 6.07) is 5.01. The minimum Gasteiger partial charge on any atom is -0.311 e. The van der Waals surface area contributed by atoms with E-state index in [4.69, 9.17) is 11.6 Å². The second kappa shape index (κ2) is 6.63. The molecule has 3 heterocycles. The fourth-order valence-corrected chi connectivity index (χ4v) is 2.78. The highest BCUT2D eigenvalue weighted by Crippen LogP contribution is 2.23. The zero-order chi connectivity index (χ0) is 15.4. The number of rotatable bonds is 5. The van der Waals surface area contributed by atoms with Gasteiger partial charge in [0.15, 0.2) is 0 Å². The van der Waals surface area contributed by atoms with E-state index in [0.717, 1.165) is 5.56 Å². The summed E-state index contributed by atoms with van der Waals surface area (Å²) in [5, 5.41) is 18.3. The molecule has 3 aromatic rings. The molecule has 1 atom stereocenters. The van der Waals surface area contributed by atoms with Crippen molar-refractivity contribution < 1.29 is 4.79 Å². The molecule has 0 aromatic carbocycles. The average Bonchev–Trinajstić information content (AvgIpc) is 3.21. The molecule has 1 N–H and O–H groups in total. The van der Waals surface area contributed by atoms with Gasteiger partial charge in [-0.3, -0.25) is 4.79 Å². The van der Waals surface area contributed by atoms with Gasteiger partial charge in [0.05, 0.1) is 17.5 Å². The Morgan fingerprint density at radius 1 is 1.41 bits per heavy atom. The van der Waals surface area contributed by atoms with Crippen LogP contribution in [0, 0.1) is 0 Å². The molecule has 9 heteroatoms. The Bertz CT molecular complexity index is 694. The molecular formula is C13H11ClN6OS. The van der Waals surface area contributed by atoms with Crippen LogP contribution in [0.1, 0.15) is 18.0 Å². The van der Waals surface area contributed by atoms with Crippen LogP contribution in [0.3, 0.4) is 0 Å². The topological polar surface area (TPSA) is 85.6 Å². The first-order valence-corrected chi connectivity index (χ1v) is 7.70. The molecular weight excluding hydrogens is 324 g/mol. The van der Waals surface area contributed by atoms with Crippen LogP contribution in [-0.2, 0) is 4.79 Å². The molecule has 0 saturated carbocycles. The maximum absolute atomic E-state index is 12.2. The third-order valence-corrected chi connectivity index (χ3v) is 3.91. The van der Waals surface area contributed by atoms with E-state index in [-0.39, 0.29) is 18.4 Å². The van der Waals surface area contributed by atoms with Crippen LogP contribution in [0.25, 0.3) is 0 Å². The van der Waals surface area contributed by atoms with E-state index >= 15 is 0 Å². The number of nitrogens with zero attached hydrogens (tertiary/aromatic N) is 5. The van der Waals surface area contributed by atoms with E-state index < -0.39 is 0 Å². The van der Waals surface area contributed by atoms with E-state index in [1.54, 1.807) is 28.2 Å². The van der Waals surface area contributed by atoms with Gasteiger partial charge >= 0.3 is 0 Å². The van der Waals surface area contributed by atoms with Gasteiger partial charge in [-0.15, -0.1) is 5.10 Å². The number of anilines is 1. The van der Waals surface area contributed by atoms with Crippen LogP contribution >= 0.6 is 22.9 Å². The Balaban J connectivity index is 1.73. The summed E-state index contributed by atoms with van der Waals surface area (Å²) in [5.74, 6) is 0.275. The lowest BCUT2D eigenvalue weighted by Crippen LogP contribution is -2.21. The summed E-state index contributed by atoms with van der Waals surface area (Å²) in [7, 11) is 0. The zero-order valence-corrected chi connectivity index (χ0v) is 12.8. The van der Waals surface area contributed by atoms with E-state index in [1.807, 2.05) is 16.8 Å². The lowest BCUT2D eigenvalue weighted by Gasteiger charge is -2.14. The van der Waals surface area contributed by atoms with Gasteiger partial charge in [0.1, 0.15) is 12.1 Å². The Hall–Kier alpha value is -2.32.